The van der Waals surface area contributed by atoms with Gasteiger partial charge < -0.3 is 10.6 Å². The summed E-state index contributed by atoms with van der Waals surface area (Å²) in [7, 11) is 0. The SMILES string of the molecule is CCNC(=NCc1ccccn1)NCCSC. The fraction of sp³-hybridized carbons (Fsp3) is 0.500. The number of hydrogen-bond donors (Lipinski definition) is 2. The summed E-state index contributed by atoms with van der Waals surface area (Å²) in [4.78, 5) is 8.72. The summed E-state index contributed by atoms with van der Waals surface area (Å²) in [5.41, 5.74) is 0.981. The molecule has 2 N–H and O–H groups in total. The van der Waals surface area contributed by atoms with Crippen molar-refractivity contribution in [2.45, 2.75) is 13.5 Å². The van der Waals surface area contributed by atoms with E-state index in [0.717, 1.165) is 30.5 Å². The molecule has 1 aromatic rings. The highest BCUT2D eigenvalue weighted by atomic mass is 32.2. The molecule has 0 atom stereocenters. The third kappa shape index (κ3) is 6.16. The molecule has 0 bridgehead atoms. The van der Waals surface area contributed by atoms with Crippen LogP contribution in [0.25, 0.3) is 0 Å². The molecule has 0 aliphatic carbocycles. The first-order valence-electron chi connectivity index (χ1n) is 5.78. The highest BCUT2D eigenvalue weighted by Crippen LogP contribution is 1.95. The van der Waals surface area contributed by atoms with E-state index >= 15 is 0 Å². The number of nitrogens with zero attached hydrogens (tertiary/aromatic N) is 2. The van der Waals surface area contributed by atoms with Crippen molar-refractivity contribution in [1.29, 1.82) is 0 Å². The molecular weight excluding hydrogens is 232 g/mol. The predicted molar refractivity (Wildman–Crippen MR) is 75.4 cm³/mol. The maximum Gasteiger partial charge on any atom is 0.191 e. The second-order valence-corrected chi connectivity index (χ2v) is 4.42. The molecule has 1 aromatic heterocycles. The Kier molecular flexibility index (Phi) is 7.22. The van der Waals surface area contributed by atoms with E-state index in [4.69, 9.17) is 0 Å². The summed E-state index contributed by atoms with van der Waals surface area (Å²) in [6, 6.07) is 5.87. The van der Waals surface area contributed by atoms with Crippen LogP contribution in [0.4, 0.5) is 0 Å². The van der Waals surface area contributed by atoms with E-state index in [2.05, 4.69) is 33.8 Å². The van der Waals surface area contributed by atoms with Gasteiger partial charge in [0.25, 0.3) is 0 Å². The molecule has 1 rings (SSSR count). The number of nitrogens with one attached hydrogen (secondary N) is 2. The third-order valence-corrected chi connectivity index (χ3v) is 2.68. The van der Waals surface area contributed by atoms with Crippen LogP contribution in [0.5, 0.6) is 0 Å². The van der Waals surface area contributed by atoms with Crippen molar-refractivity contribution in [3.63, 3.8) is 0 Å². The summed E-state index contributed by atoms with van der Waals surface area (Å²) in [5, 5.41) is 6.50. The topological polar surface area (TPSA) is 49.3 Å². The molecule has 0 radical (unpaired) electrons. The summed E-state index contributed by atoms with van der Waals surface area (Å²) >= 11 is 1.82. The van der Waals surface area contributed by atoms with Gasteiger partial charge in [-0.25, -0.2) is 4.99 Å². The van der Waals surface area contributed by atoms with Crippen LogP contribution in [0, 0.1) is 0 Å². The summed E-state index contributed by atoms with van der Waals surface area (Å²) < 4.78 is 0. The van der Waals surface area contributed by atoms with Crippen molar-refractivity contribution < 1.29 is 0 Å². The number of guanidine groups is 1. The summed E-state index contributed by atoms with van der Waals surface area (Å²) in [5.74, 6) is 1.93. The Labute approximate surface area is 107 Å². The molecule has 1 heterocycles. The fourth-order valence-corrected chi connectivity index (χ4v) is 1.57. The normalized spacial score (nSPS) is 11.3. The molecule has 0 aliphatic rings. The lowest BCUT2D eigenvalue weighted by atomic mass is 10.3. The number of hydrogen-bond acceptors (Lipinski definition) is 3. The van der Waals surface area contributed by atoms with Crippen molar-refractivity contribution in [3.05, 3.63) is 30.1 Å². The smallest absolute Gasteiger partial charge is 0.191 e. The minimum absolute atomic E-state index is 0.607. The lowest BCUT2D eigenvalue weighted by Crippen LogP contribution is -2.38. The lowest BCUT2D eigenvalue weighted by molar-refractivity contribution is 0.837. The monoisotopic (exact) mass is 252 g/mol. The van der Waals surface area contributed by atoms with Gasteiger partial charge in [-0.2, -0.15) is 11.8 Å². The highest BCUT2D eigenvalue weighted by molar-refractivity contribution is 7.98. The van der Waals surface area contributed by atoms with Gasteiger partial charge >= 0.3 is 0 Å². The van der Waals surface area contributed by atoms with Gasteiger partial charge in [-0.3, -0.25) is 4.98 Å². The Hall–Kier alpha value is -1.23. The van der Waals surface area contributed by atoms with E-state index in [1.807, 2.05) is 30.0 Å². The Morgan fingerprint density at radius 3 is 2.94 bits per heavy atom. The van der Waals surface area contributed by atoms with Crippen molar-refractivity contribution in [3.8, 4) is 0 Å². The number of aromatic nitrogens is 1. The summed E-state index contributed by atoms with van der Waals surface area (Å²) in [6.07, 6.45) is 3.89. The molecule has 0 aliphatic heterocycles. The van der Waals surface area contributed by atoms with E-state index in [0.29, 0.717) is 6.54 Å². The van der Waals surface area contributed by atoms with Crippen LogP contribution in [-0.2, 0) is 6.54 Å². The van der Waals surface area contributed by atoms with Crippen LogP contribution in [0.1, 0.15) is 12.6 Å². The van der Waals surface area contributed by atoms with Gasteiger partial charge in [0, 0.05) is 25.0 Å². The average Bonchev–Trinajstić information content (AvgIpc) is 2.37. The second kappa shape index (κ2) is 8.87. The molecule has 0 unspecified atom stereocenters. The largest absolute Gasteiger partial charge is 0.357 e. The van der Waals surface area contributed by atoms with Crippen molar-refractivity contribution in [2.75, 3.05) is 25.1 Å². The van der Waals surface area contributed by atoms with Gasteiger partial charge in [0.1, 0.15) is 0 Å². The minimum Gasteiger partial charge on any atom is -0.357 e. The molecule has 0 saturated carbocycles. The zero-order valence-corrected chi connectivity index (χ0v) is 11.3. The molecule has 4 nitrogen and oxygen atoms in total. The van der Waals surface area contributed by atoms with E-state index in [-0.39, 0.29) is 0 Å². The van der Waals surface area contributed by atoms with Crippen molar-refractivity contribution in [1.82, 2.24) is 15.6 Å². The zero-order valence-electron chi connectivity index (χ0n) is 10.4. The summed E-state index contributed by atoms with van der Waals surface area (Å²) in [6.45, 7) is 4.46. The maximum absolute atomic E-state index is 4.48. The van der Waals surface area contributed by atoms with E-state index < -0.39 is 0 Å². The lowest BCUT2D eigenvalue weighted by Gasteiger charge is -2.10. The van der Waals surface area contributed by atoms with E-state index in [1.54, 1.807) is 6.20 Å². The van der Waals surface area contributed by atoms with Crippen LogP contribution < -0.4 is 10.6 Å². The first-order chi connectivity index (χ1) is 8.36. The number of rotatable bonds is 6. The average molecular weight is 252 g/mol. The molecule has 17 heavy (non-hydrogen) atoms. The Bertz CT molecular complexity index is 327. The van der Waals surface area contributed by atoms with Gasteiger partial charge in [0.05, 0.1) is 12.2 Å². The Morgan fingerprint density at radius 1 is 1.41 bits per heavy atom. The van der Waals surface area contributed by atoms with E-state index in [1.165, 1.54) is 0 Å². The molecule has 94 valence electrons. The van der Waals surface area contributed by atoms with Gasteiger partial charge in [0.15, 0.2) is 5.96 Å². The number of aliphatic imine (C=N–C) groups is 1. The molecule has 0 aromatic carbocycles. The van der Waals surface area contributed by atoms with Crippen LogP contribution >= 0.6 is 11.8 Å². The standard InChI is InChI=1S/C12H20N4S/c1-3-13-12(15-8-9-17-2)16-10-11-6-4-5-7-14-11/h4-7H,3,8-10H2,1-2H3,(H2,13,15,16). The van der Waals surface area contributed by atoms with Crippen LogP contribution in [0.2, 0.25) is 0 Å². The molecule has 5 heteroatoms. The van der Waals surface area contributed by atoms with Gasteiger partial charge in [-0.1, -0.05) is 6.07 Å². The Morgan fingerprint density at radius 2 is 2.29 bits per heavy atom. The minimum atomic E-state index is 0.607. The quantitative estimate of drug-likeness (QED) is 0.458. The van der Waals surface area contributed by atoms with Crippen LogP contribution in [0.3, 0.4) is 0 Å². The first kappa shape index (κ1) is 13.8. The highest BCUT2D eigenvalue weighted by Gasteiger charge is 1.96. The molecule has 0 spiro atoms. The molecular formula is C12H20N4S. The van der Waals surface area contributed by atoms with Gasteiger partial charge in [-0.05, 0) is 25.3 Å². The van der Waals surface area contributed by atoms with Gasteiger partial charge in [-0.15, -0.1) is 0 Å². The predicted octanol–water partition coefficient (Wildman–Crippen LogP) is 1.50. The number of pyridine rings is 1. The van der Waals surface area contributed by atoms with Crippen molar-refractivity contribution >= 4 is 17.7 Å². The molecule has 0 amide bonds. The fourth-order valence-electron chi connectivity index (χ4n) is 1.26. The Balaban J connectivity index is 2.45. The second-order valence-electron chi connectivity index (χ2n) is 3.44. The third-order valence-electron chi connectivity index (χ3n) is 2.07. The van der Waals surface area contributed by atoms with Crippen LogP contribution in [-0.4, -0.2) is 36.0 Å². The van der Waals surface area contributed by atoms with Gasteiger partial charge in [0.2, 0.25) is 0 Å². The molecule has 0 saturated heterocycles. The van der Waals surface area contributed by atoms with Crippen molar-refractivity contribution in [2.24, 2.45) is 4.99 Å². The number of thioether (sulfide) groups is 1. The molecule has 0 fully saturated rings. The maximum atomic E-state index is 4.48. The van der Waals surface area contributed by atoms with E-state index in [9.17, 15) is 0 Å². The first-order valence-corrected chi connectivity index (χ1v) is 7.17. The van der Waals surface area contributed by atoms with Crippen LogP contribution in [0.15, 0.2) is 29.4 Å². The zero-order chi connectivity index (χ0) is 12.3.